The second-order valence-corrected chi connectivity index (χ2v) is 6.98. The van der Waals surface area contributed by atoms with Gasteiger partial charge in [0.25, 0.3) is 5.69 Å². The van der Waals surface area contributed by atoms with Gasteiger partial charge >= 0.3 is 5.97 Å². The van der Waals surface area contributed by atoms with Crippen molar-refractivity contribution in [3.63, 3.8) is 0 Å². The molecule has 0 amide bonds. The summed E-state index contributed by atoms with van der Waals surface area (Å²) in [5.41, 5.74) is 0.573. The number of non-ortho nitro benzene ring substituents is 1. The zero-order valence-corrected chi connectivity index (χ0v) is 16.7. The van der Waals surface area contributed by atoms with E-state index in [2.05, 4.69) is 15.5 Å². The summed E-state index contributed by atoms with van der Waals surface area (Å²) in [6.07, 6.45) is 0.146. The molecular weight excluding hydrogens is 380 g/mol. The number of carbonyl (C=O) groups excluding carboxylic acids is 1. The summed E-state index contributed by atoms with van der Waals surface area (Å²) in [6.45, 7) is 5.88. The van der Waals surface area contributed by atoms with Crippen molar-refractivity contribution in [3.8, 4) is 11.4 Å². The number of aliphatic hydroxyl groups excluding tert-OH is 1. The van der Waals surface area contributed by atoms with Crippen LogP contribution in [-0.2, 0) is 9.53 Å². The number of rotatable bonds is 11. The lowest BCUT2D eigenvalue weighted by molar-refractivity contribution is -0.384. The molecule has 0 fully saturated rings. The van der Waals surface area contributed by atoms with E-state index in [1.54, 1.807) is 12.1 Å². The number of carbonyl (C=O) groups is 1. The van der Waals surface area contributed by atoms with Crippen LogP contribution in [-0.4, -0.2) is 45.4 Å². The van der Waals surface area contributed by atoms with Crippen LogP contribution in [0.15, 0.2) is 28.8 Å². The minimum absolute atomic E-state index is 0.0205. The first kappa shape index (κ1) is 22.4. The van der Waals surface area contributed by atoms with Crippen LogP contribution in [0.3, 0.4) is 0 Å². The van der Waals surface area contributed by atoms with E-state index in [1.165, 1.54) is 12.1 Å². The van der Waals surface area contributed by atoms with Crippen molar-refractivity contribution in [2.45, 2.75) is 45.8 Å². The fourth-order valence-electron chi connectivity index (χ4n) is 2.61. The minimum atomic E-state index is -0.867. The standard InChI is InChI=1S/C19H26N4O6/c1-4-5-16(25)28-11-15(24)10-20-17(12(2)3)19-21-18(22-29-19)13-6-8-14(9-7-13)23(26)27/h6-9,12,15,17,20,24H,4-5,10-11H2,1-3H3. The second-order valence-electron chi connectivity index (χ2n) is 6.98. The summed E-state index contributed by atoms with van der Waals surface area (Å²) in [5.74, 6) is 0.395. The van der Waals surface area contributed by atoms with E-state index in [4.69, 9.17) is 9.26 Å². The van der Waals surface area contributed by atoms with Gasteiger partial charge < -0.3 is 19.7 Å². The van der Waals surface area contributed by atoms with Gasteiger partial charge in [0, 0.05) is 30.7 Å². The highest BCUT2D eigenvalue weighted by atomic mass is 16.6. The molecule has 0 aliphatic carbocycles. The molecule has 0 spiro atoms. The zero-order valence-electron chi connectivity index (χ0n) is 16.7. The molecule has 29 heavy (non-hydrogen) atoms. The molecule has 0 bridgehead atoms. The Labute approximate surface area is 168 Å². The highest BCUT2D eigenvalue weighted by Gasteiger charge is 2.24. The van der Waals surface area contributed by atoms with Crippen LogP contribution in [0, 0.1) is 16.0 Å². The zero-order chi connectivity index (χ0) is 21.4. The van der Waals surface area contributed by atoms with E-state index in [9.17, 15) is 20.0 Å². The highest BCUT2D eigenvalue weighted by molar-refractivity contribution is 5.69. The number of nitro groups is 1. The number of benzene rings is 1. The van der Waals surface area contributed by atoms with E-state index >= 15 is 0 Å². The third kappa shape index (κ3) is 6.61. The van der Waals surface area contributed by atoms with Gasteiger partial charge in [0.2, 0.25) is 11.7 Å². The van der Waals surface area contributed by atoms with Gasteiger partial charge in [0.15, 0.2) is 0 Å². The lowest BCUT2D eigenvalue weighted by atomic mass is 10.0. The summed E-state index contributed by atoms with van der Waals surface area (Å²) < 4.78 is 10.4. The summed E-state index contributed by atoms with van der Waals surface area (Å²) in [4.78, 5) is 26.0. The van der Waals surface area contributed by atoms with Gasteiger partial charge in [-0.2, -0.15) is 4.98 Å². The smallest absolute Gasteiger partial charge is 0.305 e. The number of nitrogens with one attached hydrogen (secondary N) is 1. The molecule has 0 saturated heterocycles. The van der Waals surface area contributed by atoms with Crippen LogP contribution in [0.1, 0.15) is 45.5 Å². The van der Waals surface area contributed by atoms with Gasteiger partial charge in [-0.3, -0.25) is 14.9 Å². The quantitative estimate of drug-likeness (QED) is 0.327. The first-order valence-corrected chi connectivity index (χ1v) is 9.47. The Morgan fingerprint density at radius 2 is 2.03 bits per heavy atom. The molecule has 2 N–H and O–H groups in total. The Balaban J connectivity index is 1.99. The Bertz CT molecular complexity index is 805. The Hall–Kier alpha value is -2.85. The number of aromatic nitrogens is 2. The molecule has 2 rings (SSSR count). The molecule has 0 aliphatic rings. The van der Waals surface area contributed by atoms with Crippen molar-refractivity contribution < 1.29 is 24.1 Å². The first-order valence-electron chi connectivity index (χ1n) is 9.47. The third-order valence-corrected chi connectivity index (χ3v) is 4.17. The van der Waals surface area contributed by atoms with E-state index < -0.39 is 11.0 Å². The lowest BCUT2D eigenvalue weighted by Crippen LogP contribution is -2.35. The first-order chi connectivity index (χ1) is 13.8. The SMILES string of the molecule is CCCC(=O)OCC(O)CNC(c1nc(-c2ccc([N+](=O)[O-])cc2)no1)C(C)C. The van der Waals surface area contributed by atoms with Crippen molar-refractivity contribution in [3.05, 3.63) is 40.3 Å². The molecule has 1 aromatic carbocycles. The number of nitro benzene ring substituents is 1. The molecule has 10 nitrogen and oxygen atoms in total. The largest absolute Gasteiger partial charge is 0.463 e. The van der Waals surface area contributed by atoms with Gasteiger partial charge in [0.1, 0.15) is 12.7 Å². The monoisotopic (exact) mass is 406 g/mol. The topological polar surface area (TPSA) is 141 Å². The van der Waals surface area contributed by atoms with Crippen molar-refractivity contribution >= 4 is 11.7 Å². The van der Waals surface area contributed by atoms with Crippen molar-refractivity contribution in [2.24, 2.45) is 5.92 Å². The molecule has 158 valence electrons. The average Bonchev–Trinajstić information content (AvgIpc) is 3.16. The van der Waals surface area contributed by atoms with Crippen LogP contribution in [0.2, 0.25) is 0 Å². The van der Waals surface area contributed by atoms with Crippen LogP contribution in [0.4, 0.5) is 5.69 Å². The molecule has 10 heteroatoms. The Morgan fingerprint density at radius 3 is 2.62 bits per heavy atom. The summed E-state index contributed by atoms with van der Waals surface area (Å²) in [6, 6.07) is 5.53. The van der Waals surface area contributed by atoms with E-state index in [0.717, 1.165) is 0 Å². The van der Waals surface area contributed by atoms with Crippen LogP contribution >= 0.6 is 0 Å². The maximum absolute atomic E-state index is 11.4. The predicted octanol–water partition coefficient (Wildman–Crippen LogP) is 2.64. The molecule has 2 unspecified atom stereocenters. The van der Waals surface area contributed by atoms with Gasteiger partial charge in [-0.15, -0.1) is 0 Å². The third-order valence-electron chi connectivity index (χ3n) is 4.17. The Morgan fingerprint density at radius 1 is 1.34 bits per heavy atom. The number of hydrogen-bond donors (Lipinski definition) is 2. The van der Waals surface area contributed by atoms with Crippen LogP contribution < -0.4 is 5.32 Å². The predicted molar refractivity (Wildman–Crippen MR) is 104 cm³/mol. The minimum Gasteiger partial charge on any atom is -0.463 e. The second kappa shape index (κ2) is 10.6. The molecule has 1 aromatic heterocycles. The van der Waals surface area contributed by atoms with Crippen molar-refractivity contribution in [2.75, 3.05) is 13.2 Å². The van der Waals surface area contributed by atoms with E-state index in [0.29, 0.717) is 30.1 Å². The Kier molecular flexibility index (Phi) is 8.22. The molecule has 1 heterocycles. The fourth-order valence-corrected chi connectivity index (χ4v) is 2.61. The molecule has 2 atom stereocenters. The number of hydrogen-bond acceptors (Lipinski definition) is 9. The normalized spacial score (nSPS) is 13.3. The molecule has 0 aliphatic heterocycles. The molecule has 0 saturated carbocycles. The van der Waals surface area contributed by atoms with Crippen molar-refractivity contribution in [1.29, 1.82) is 0 Å². The van der Waals surface area contributed by atoms with Gasteiger partial charge in [-0.1, -0.05) is 25.9 Å². The van der Waals surface area contributed by atoms with Gasteiger partial charge in [0.05, 0.1) is 11.0 Å². The number of esters is 1. The molecular formula is C19H26N4O6. The number of nitrogens with zero attached hydrogens (tertiary/aromatic N) is 3. The maximum atomic E-state index is 11.4. The van der Waals surface area contributed by atoms with Crippen LogP contribution in [0.5, 0.6) is 0 Å². The average molecular weight is 406 g/mol. The summed E-state index contributed by atoms with van der Waals surface area (Å²) in [5, 5.41) is 27.9. The maximum Gasteiger partial charge on any atom is 0.305 e. The van der Waals surface area contributed by atoms with Crippen molar-refractivity contribution in [1.82, 2.24) is 15.5 Å². The van der Waals surface area contributed by atoms with E-state index in [1.807, 2.05) is 20.8 Å². The van der Waals surface area contributed by atoms with Gasteiger partial charge in [-0.05, 0) is 24.5 Å². The summed E-state index contributed by atoms with van der Waals surface area (Å²) in [7, 11) is 0. The molecule has 0 radical (unpaired) electrons. The fraction of sp³-hybridized carbons (Fsp3) is 0.526. The number of ether oxygens (including phenoxy) is 1. The van der Waals surface area contributed by atoms with E-state index in [-0.39, 0.29) is 36.8 Å². The summed E-state index contributed by atoms with van der Waals surface area (Å²) >= 11 is 0. The number of aliphatic hydroxyl groups is 1. The highest BCUT2D eigenvalue weighted by Crippen LogP contribution is 2.24. The lowest BCUT2D eigenvalue weighted by Gasteiger charge is -2.20. The van der Waals surface area contributed by atoms with Crippen LogP contribution in [0.25, 0.3) is 11.4 Å². The van der Waals surface area contributed by atoms with Gasteiger partial charge in [-0.25, -0.2) is 0 Å². The molecule has 2 aromatic rings.